The number of rotatable bonds is 6. The maximum absolute atomic E-state index is 9.09. The fourth-order valence-electron chi connectivity index (χ4n) is 2.63. The molecule has 0 aromatic rings. The van der Waals surface area contributed by atoms with Gasteiger partial charge in [0, 0.05) is 6.04 Å². The molecule has 0 saturated heterocycles. The van der Waals surface area contributed by atoms with E-state index in [1.165, 1.54) is 32.1 Å². The van der Waals surface area contributed by atoms with Crippen molar-refractivity contribution < 1.29 is 5.11 Å². The van der Waals surface area contributed by atoms with Gasteiger partial charge >= 0.3 is 0 Å². The molecule has 15 heavy (non-hydrogen) atoms. The van der Waals surface area contributed by atoms with Gasteiger partial charge in [0.25, 0.3) is 0 Å². The summed E-state index contributed by atoms with van der Waals surface area (Å²) in [5, 5.41) is 12.6. The van der Waals surface area contributed by atoms with E-state index in [9.17, 15) is 0 Å². The molecule has 2 nitrogen and oxygen atoms in total. The summed E-state index contributed by atoms with van der Waals surface area (Å²) in [6, 6.07) is 0.312. The molecule has 0 aromatic heterocycles. The smallest absolute Gasteiger partial charge is 0.0584 e. The SMILES string of the molecule is CCC1CCCC(CN[C@H](CC)CO)C1. The molecule has 1 rings (SSSR count). The van der Waals surface area contributed by atoms with Crippen molar-refractivity contribution in [2.45, 2.75) is 58.4 Å². The maximum atomic E-state index is 9.09. The molecule has 90 valence electrons. The van der Waals surface area contributed by atoms with E-state index < -0.39 is 0 Å². The van der Waals surface area contributed by atoms with Crippen molar-refractivity contribution in [1.29, 1.82) is 0 Å². The lowest BCUT2D eigenvalue weighted by atomic mass is 9.80. The number of nitrogens with one attached hydrogen (secondary N) is 1. The highest BCUT2D eigenvalue weighted by molar-refractivity contribution is 4.75. The fourth-order valence-corrected chi connectivity index (χ4v) is 2.63. The van der Waals surface area contributed by atoms with E-state index >= 15 is 0 Å². The molecule has 0 aliphatic heterocycles. The van der Waals surface area contributed by atoms with E-state index in [0.29, 0.717) is 6.04 Å². The fraction of sp³-hybridized carbons (Fsp3) is 1.00. The van der Waals surface area contributed by atoms with E-state index in [1.54, 1.807) is 0 Å². The second kappa shape index (κ2) is 7.24. The Balaban J connectivity index is 2.20. The topological polar surface area (TPSA) is 32.3 Å². The van der Waals surface area contributed by atoms with E-state index in [-0.39, 0.29) is 6.61 Å². The van der Waals surface area contributed by atoms with Crippen molar-refractivity contribution >= 4 is 0 Å². The summed E-state index contributed by atoms with van der Waals surface area (Å²) >= 11 is 0. The molecule has 2 N–H and O–H groups in total. The van der Waals surface area contributed by atoms with Crippen LogP contribution in [0.5, 0.6) is 0 Å². The largest absolute Gasteiger partial charge is 0.395 e. The minimum atomic E-state index is 0.278. The molecular formula is C13H27NO. The van der Waals surface area contributed by atoms with Crippen LogP contribution in [0.4, 0.5) is 0 Å². The van der Waals surface area contributed by atoms with Gasteiger partial charge in [-0.05, 0) is 37.6 Å². The molecule has 1 aliphatic rings. The molecule has 1 fully saturated rings. The van der Waals surface area contributed by atoms with Crippen molar-refractivity contribution in [3.05, 3.63) is 0 Å². The van der Waals surface area contributed by atoms with Crippen LogP contribution in [0.25, 0.3) is 0 Å². The van der Waals surface area contributed by atoms with Gasteiger partial charge in [-0.15, -0.1) is 0 Å². The van der Waals surface area contributed by atoms with Crippen LogP contribution in [0.2, 0.25) is 0 Å². The van der Waals surface area contributed by atoms with Crippen molar-refractivity contribution in [3.63, 3.8) is 0 Å². The van der Waals surface area contributed by atoms with Gasteiger partial charge in [-0.2, -0.15) is 0 Å². The van der Waals surface area contributed by atoms with Gasteiger partial charge < -0.3 is 10.4 Å². The third kappa shape index (κ3) is 4.52. The van der Waals surface area contributed by atoms with Crippen molar-refractivity contribution in [1.82, 2.24) is 5.32 Å². The lowest BCUT2D eigenvalue weighted by Crippen LogP contribution is -2.36. The van der Waals surface area contributed by atoms with Crippen LogP contribution in [0.1, 0.15) is 52.4 Å². The zero-order valence-electron chi connectivity index (χ0n) is 10.3. The molecule has 1 saturated carbocycles. The first-order chi connectivity index (χ1) is 7.30. The Morgan fingerprint density at radius 3 is 2.60 bits per heavy atom. The van der Waals surface area contributed by atoms with Crippen molar-refractivity contribution in [3.8, 4) is 0 Å². The van der Waals surface area contributed by atoms with Crippen LogP contribution < -0.4 is 5.32 Å². The van der Waals surface area contributed by atoms with Gasteiger partial charge in [0.2, 0.25) is 0 Å². The molecule has 0 heterocycles. The van der Waals surface area contributed by atoms with Gasteiger partial charge in [-0.1, -0.05) is 33.1 Å². The third-order valence-electron chi connectivity index (χ3n) is 3.88. The number of hydrogen-bond acceptors (Lipinski definition) is 2. The van der Waals surface area contributed by atoms with Gasteiger partial charge in [0.1, 0.15) is 0 Å². The molecule has 0 amide bonds. The van der Waals surface area contributed by atoms with E-state index in [0.717, 1.165) is 24.8 Å². The zero-order chi connectivity index (χ0) is 11.1. The molecule has 0 radical (unpaired) electrons. The minimum Gasteiger partial charge on any atom is -0.395 e. The third-order valence-corrected chi connectivity index (χ3v) is 3.88. The lowest BCUT2D eigenvalue weighted by molar-refractivity contribution is 0.211. The van der Waals surface area contributed by atoms with Crippen LogP contribution in [0, 0.1) is 11.8 Å². The van der Waals surface area contributed by atoms with Gasteiger partial charge in [0.15, 0.2) is 0 Å². The van der Waals surface area contributed by atoms with Crippen molar-refractivity contribution in [2.24, 2.45) is 11.8 Å². The second-order valence-corrected chi connectivity index (χ2v) is 5.00. The standard InChI is InChI=1S/C13H27NO/c1-3-11-6-5-7-12(8-11)9-14-13(4-2)10-15/h11-15H,3-10H2,1-2H3/t11?,12?,13-/m1/s1. The monoisotopic (exact) mass is 213 g/mol. The predicted octanol–water partition coefficient (Wildman–Crippen LogP) is 2.56. The van der Waals surface area contributed by atoms with Crippen LogP contribution in [0.3, 0.4) is 0 Å². The summed E-state index contributed by atoms with van der Waals surface area (Å²) in [6.45, 7) is 5.82. The Hall–Kier alpha value is -0.0800. The van der Waals surface area contributed by atoms with Crippen LogP contribution in [-0.2, 0) is 0 Å². The van der Waals surface area contributed by atoms with Crippen LogP contribution in [-0.4, -0.2) is 24.3 Å². The number of aliphatic hydroxyl groups excluding tert-OH is 1. The summed E-state index contributed by atoms with van der Waals surface area (Å²) < 4.78 is 0. The van der Waals surface area contributed by atoms with Crippen molar-refractivity contribution in [2.75, 3.05) is 13.2 Å². The average Bonchev–Trinajstić information content (AvgIpc) is 2.31. The Labute approximate surface area is 94.5 Å². The summed E-state index contributed by atoms with van der Waals surface area (Å²) in [5.74, 6) is 1.81. The number of aliphatic hydroxyl groups is 1. The molecule has 1 aliphatic carbocycles. The molecule has 0 spiro atoms. The predicted molar refractivity (Wildman–Crippen MR) is 64.9 cm³/mol. The number of hydrogen-bond donors (Lipinski definition) is 2. The normalized spacial score (nSPS) is 29.0. The second-order valence-electron chi connectivity index (χ2n) is 5.00. The van der Waals surface area contributed by atoms with E-state index in [4.69, 9.17) is 5.11 Å². The Morgan fingerprint density at radius 2 is 2.00 bits per heavy atom. The summed E-state index contributed by atoms with van der Waals surface area (Å²) in [7, 11) is 0. The lowest BCUT2D eigenvalue weighted by Gasteiger charge is -2.29. The first-order valence-corrected chi connectivity index (χ1v) is 6.64. The molecule has 2 unspecified atom stereocenters. The molecule has 2 heteroatoms. The highest BCUT2D eigenvalue weighted by Gasteiger charge is 2.20. The van der Waals surface area contributed by atoms with Crippen LogP contribution >= 0.6 is 0 Å². The van der Waals surface area contributed by atoms with E-state index in [2.05, 4.69) is 19.2 Å². The van der Waals surface area contributed by atoms with Gasteiger partial charge in [0.05, 0.1) is 6.61 Å². The molecule has 3 atom stereocenters. The Morgan fingerprint density at radius 1 is 1.27 bits per heavy atom. The highest BCUT2D eigenvalue weighted by Crippen LogP contribution is 2.30. The maximum Gasteiger partial charge on any atom is 0.0584 e. The Bertz CT molecular complexity index is 157. The summed E-state index contributed by atoms with van der Waals surface area (Å²) in [5.41, 5.74) is 0. The molecule has 0 bridgehead atoms. The summed E-state index contributed by atoms with van der Waals surface area (Å²) in [6.07, 6.45) is 7.98. The molecule has 0 aromatic carbocycles. The minimum absolute atomic E-state index is 0.278. The van der Waals surface area contributed by atoms with E-state index in [1.807, 2.05) is 0 Å². The molecular weight excluding hydrogens is 186 g/mol. The first-order valence-electron chi connectivity index (χ1n) is 6.64. The first kappa shape index (κ1) is 13.0. The summed E-state index contributed by atoms with van der Waals surface area (Å²) in [4.78, 5) is 0. The van der Waals surface area contributed by atoms with Crippen LogP contribution in [0.15, 0.2) is 0 Å². The van der Waals surface area contributed by atoms with Gasteiger partial charge in [-0.25, -0.2) is 0 Å². The Kier molecular flexibility index (Phi) is 6.26. The zero-order valence-corrected chi connectivity index (χ0v) is 10.3. The average molecular weight is 213 g/mol. The highest BCUT2D eigenvalue weighted by atomic mass is 16.3. The van der Waals surface area contributed by atoms with Gasteiger partial charge in [-0.3, -0.25) is 0 Å². The quantitative estimate of drug-likeness (QED) is 0.711.